The molecule has 1 fully saturated rings. The summed E-state index contributed by atoms with van der Waals surface area (Å²) in [4.78, 5) is 0. The average molecular weight is 283 g/mol. The molecule has 1 unspecified atom stereocenters. The molecule has 1 aliphatic rings. The second-order valence-corrected chi connectivity index (χ2v) is 4.29. The molecule has 1 aliphatic heterocycles. The summed E-state index contributed by atoms with van der Waals surface area (Å²) in [5.74, 6) is 0. The van der Waals surface area contributed by atoms with Gasteiger partial charge in [-0.2, -0.15) is 0 Å². The molecular formula is C9H18INO. The molecule has 0 aliphatic carbocycles. The first-order chi connectivity index (χ1) is 5.93. The van der Waals surface area contributed by atoms with Crippen LogP contribution in [0.25, 0.3) is 0 Å². The van der Waals surface area contributed by atoms with E-state index in [1.54, 1.807) is 0 Å². The van der Waals surface area contributed by atoms with Gasteiger partial charge in [0.15, 0.2) is 0 Å². The molecule has 2 nitrogen and oxygen atoms in total. The lowest BCUT2D eigenvalue weighted by Gasteiger charge is -2.09. The number of alkyl halides is 1. The smallest absolute Gasteiger partial charge is 0.0588 e. The van der Waals surface area contributed by atoms with Crippen LogP contribution in [0.15, 0.2) is 0 Å². The Morgan fingerprint density at radius 2 is 2.33 bits per heavy atom. The van der Waals surface area contributed by atoms with Crippen LogP contribution in [0, 0.1) is 0 Å². The van der Waals surface area contributed by atoms with Gasteiger partial charge in [0.05, 0.1) is 6.10 Å². The van der Waals surface area contributed by atoms with Gasteiger partial charge >= 0.3 is 0 Å². The van der Waals surface area contributed by atoms with Crippen LogP contribution in [-0.4, -0.2) is 30.2 Å². The zero-order valence-electron chi connectivity index (χ0n) is 7.52. The van der Waals surface area contributed by atoms with E-state index in [1.165, 1.54) is 30.1 Å². The quantitative estimate of drug-likeness (QED) is 0.457. The van der Waals surface area contributed by atoms with Gasteiger partial charge in [-0.25, -0.2) is 0 Å². The van der Waals surface area contributed by atoms with Crippen LogP contribution in [0.4, 0.5) is 0 Å². The first-order valence-corrected chi connectivity index (χ1v) is 6.34. The van der Waals surface area contributed by atoms with E-state index < -0.39 is 0 Å². The van der Waals surface area contributed by atoms with Crippen molar-refractivity contribution in [1.82, 2.24) is 5.32 Å². The number of nitrogens with one attached hydrogen (secondary N) is 1. The Balaban J connectivity index is 1.81. The minimum absolute atomic E-state index is 0.553. The van der Waals surface area contributed by atoms with E-state index in [2.05, 4.69) is 27.9 Å². The van der Waals surface area contributed by atoms with E-state index in [9.17, 15) is 0 Å². The van der Waals surface area contributed by atoms with Crippen molar-refractivity contribution in [3.63, 3.8) is 0 Å². The number of halogens is 1. The lowest BCUT2D eigenvalue weighted by molar-refractivity contribution is 0.104. The van der Waals surface area contributed by atoms with Crippen LogP contribution in [0.1, 0.15) is 25.7 Å². The minimum atomic E-state index is 0.553. The molecular weight excluding hydrogens is 265 g/mol. The normalized spacial score (nSPS) is 23.2. The second-order valence-electron chi connectivity index (χ2n) is 3.22. The minimum Gasteiger partial charge on any atom is -0.378 e. The highest BCUT2D eigenvalue weighted by molar-refractivity contribution is 14.1. The van der Waals surface area contributed by atoms with Crippen LogP contribution in [-0.2, 0) is 4.74 Å². The van der Waals surface area contributed by atoms with Crippen molar-refractivity contribution < 1.29 is 4.74 Å². The Kier molecular flexibility index (Phi) is 6.34. The van der Waals surface area contributed by atoms with Gasteiger partial charge < -0.3 is 10.1 Å². The summed E-state index contributed by atoms with van der Waals surface area (Å²) in [6, 6.07) is 0. The Morgan fingerprint density at radius 1 is 1.42 bits per heavy atom. The van der Waals surface area contributed by atoms with Gasteiger partial charge in [0.2, 0.25) is 0 Å². The average Bonchev–Trinajstić information content (AvgIpc) is 2.57. The van der Waals surface area contributed by atoms with Crippen molar-refractivity contribution in [3.05, 3.63) is 0 Å². The Morgan fingerprint density at radius 3 is 3.00 bits per heavy atom. The standard InChI is InChI=1S/C9H18INO/c10-5-2-6-11-7-4-9-3-1-8-12-9/h9,11H,1-8H2. The molecule has 0 aromatic carbocycles. The van der Waals surface area contributed by atoms with Crippen molar-refractivity contribution in [1.29, 1.82) is 0 Å². The fourth-order valence-electron chi connectivity index (χ4n) is 1.45. The molecule has 12 heavy (non-hydrogen) atoms. The van der Waals surface area contributed by atoms with Gasteiger partial charge in [-0.3, -0.25) is 0 Å². The van der Waals surface area contributed by atoms with E-state index in [1.807, 2.05) is 0 Å². The number of hydrogen-bond acceptors (Lipinski definition) is 2. The van der Waals surface area contributed by atoms with Gasteiger partial charge in [0.25, 0.3) is 0 Å². The highest BCUT2D eigenvalue weighted by atomic mass is 127. The monoisotopic (exact) mass is 283 g/mol. The predicted molar refractivity (Wildman–Crippen MR) is 60.0 cm³/mol. The predicted octanol–water partition coefficient (Wildman–Crippen LogP) is 1.97. The molecule has 0 bridgehead atoms. The van der Waals surface area contributed by atoms with Crippen molar-refractivity contribution in [2.45, 2.75) is 31.8 Å². The van der Waals surface area contributed by atoms with E-state index in [-0.39, 0.29) is 0 Å². The summed E-state index contributed by atoms with van der Waals surface area (Å²) in [5.41, 5.74) is 0. The number of rotatable bonds is 6. The first-order valence-electron chi connectivity index (χ1n) is 4.82. The fraction of sp³-hybridized carbons (Fsp3) is 1.00. The van der Waals surface area contributed by atoms with Gasteiger partial charge in [0, 0.05) is 11.0 Å². The summed E-state index contributed by atoms with van der Waals surface area (Å²) in [5, 5.41) is 3.43. The number of hydrogen-bond donors (Lipinski definition) is 1. The molecule has 1 atom stereocenters. The highest BCUT2D eigenvalue weighted by Gasteiger charge is 2.13. The van der Waals surface area contributed by atoms with E-state index >= 15 is 0 Å². The van der Waals surface area contributed by atoms with Gasteiger partial charge in [0.1, 0.15) is 0 Å². The summed E-state index contributed by atoms with van der Waals surface area (Å²) >= 11 is 2.41. The highest BCUT2D eigenvalue weighted by Crippen LogP contribution is 2.14. The molecule has 0 spiro atoms. The van der Waals surface area contributed by atoms with Crippen LogP contribution >= 0.6 is 22.6 Å². The Bertz CT molecular complexity index is 105. The summed E-state index contributed by atoms with van der Waals surface area (Å²) in [7, 11) is 0. The molecule has 1 rings (SSSR count). The molecule has 0 amide bonds. The van der Waals surface area contributed by atoms with Crippen molar-refractivity contribution in [3.8, 4) is 0 Å². The molecule has 3 heteroatoms. The maximum atomic E-state index is 5.52. The molecule has 0 radical (unpaired) electrons. The fourth-order valence-corrected chi connectivity index (χ4v) is 1.83. The van der Waals surface area contributed by atoms with Crippen molar-refractivity contribution in [2.75, 3.05) is 24.1 Å². The molecule has 1 saturated heterocycles. The molecule has 0 aromatic heterocycles. The first kappa shape index (κ1) is 10.7. The zero-order chi connectivity index (χ0) is 8.65. The van der Waals surface area contributed by atoms with Gasteiger partial charge in [-0.1, -0.05) is 22.6 Å². The SMILES string of the molecule is ICCCNCCC1CCCO1. The maximum absolute atomic E-state index is 5.52. The molecule has 72 valence electrons. The van der Waals surface area contributed by atoms with Gasteiger partial charge in [-0.05, 0) is 38.8 Å². The molecule has 1 N–H and O–H groups in total. The molecule has 0 saturated carbocycles. The number of ether oxygens (including phenoxy) is 1. The Labute approximate surface area is 88.6 Å². The maximum Gasteiger partial charge on any atom is 0.0588 e. The van der Waals surface area contributed by atoms with E-state index in [0.717, 1.165) is 19.7 Å². The van der Waals surface area contributed by atoms with Crippen LogP contribution in [0.5, 0.6) is 0 Å². The third-order valence-electron chi connectivity index (χ3n) is 2.15. The zero-order valence-corrected chi connectivity index (χ0v) is 9.68. The van der Waals surface area contributed by atoms with Crippen LogP contribution in [0.3, 0.4) is 0 Å². The van der Waals surface area contributed by atoms with Crippen LogP contribution in [0.2, 0.25) is 0 Å². The van der Waals surface area contributed by atoms with E-state index in [0.29, 0.717) is 6.10 Å². The molecule has 1 heterocycles. The summed E-state index contributed by atoms with van der Waals surface area (Å²) in [6.45, 7) is 3.27. The van der Waals surface area contributed by atoms with Gasteiger partial charge in [-0.15, -0.1) is 0 Å². The second kappa shape index (κ2) is 7.09. The topological polar surface area (TPSA) is 21.3 Å². The van der Waals surface area contributed by atoms with E-state index in [4.69, 9.17) is 4.74 Å². The lowest BCUT2D eigenvalue weighted by Crippen LogP contribution is -2.21. The summed E-state index contributed by atoms with van der Waals surface area (Å²) in [6.07, 6.45) is 5.57. The molecule has 0 aromatic rings. The third kappa shape index (κ3) is 4.62. The largest absolute Gasteiger partial charge is 0.378 e. The van der Waals surface area contributed by atoms with Crippen molar-refractivity contribution in [2.24, 2.45) is 0 Å². The van der Waals surface area contributed by atoms with Crippen molar-refractivity contribution >= 4 is 22.6 Å². The van der Waals surface area contributed by atoms with Crippen LogP contribution < -0.4 is 5.32 Å². The summed E-state index contributed by atoms with van der Waals surface area (Å²) < 4.78 is 6.77. The third-order valence-corrected chi connectivity index (χ3v) is 2.92. The Hall–Kier alpha value is 0.650. The lowest BCUT2D eigenvalue weighted by atomic mass is 10.2.